The zero-order valence-electron chi connectivity index (χ0n) is 8.85. The summed E-state index contributed by atoms with van der Waals surface area (Å²) in [4.78, 5) is 25.1. The van der Waals surface area contributed by atoms with Crippen molar-refractivity contribution in [3.63, 3.8) is 0 Å². The van der Waals surface area contributed by atoms with Gasteiger partial charge in [0, 0.05) is 12.6 Å². The van der Waals surface area contributed by atoms with E-state index in [9.17, 15) is 14.9 Å². The molecule has 0 fully saturated rings. The van der Waals surface area contributed by atoms with E-state index < -0.39 is 10.8 Å². The molecule has 0 aliphatic carbocycles. The molecule has 8 heteroatoms. The molecular formula is C9H11ClN4O3. The maximum absolute atomic E-state index is 11.6. The number of rotatable bonds is 5. The molecular weight excluding hydrogens is 248 g/mol. The second-order valence-corrected chi connectivity index (χ2v) is 3.55. The van der Waals surface area contributed by atoms with Crippen LogP contribution in [0.2, 0.25) is 5.15 Å². The lowest BCUT2D eigenvalue weighted by atomic mass is 10.2. The molecule has 0 saturated carbocycles. The Bertz CT molecular complexity index is 438. The fourth-order valence-electron chi connectivity index (χ4n) is 1.10. The Morgan fingerprint density at radius 1 is 1.65 bits per heavy atom. The van der Waals surface area contributed by atoms with Gasteiger partial charge in [0.2, 0.25) is 0 Å². The van der Waals surface area contributed by atoms with Crippen molar-refractivity contribution in [2.75, 3.05) is 13.1 Å². The van der Waals surface area contributed by atoms with Gasteiger partial charge in [0.25, 0.3) is 11.6 Å². The number of hydrogen-bond acceptors (Lipinski definition) is 5. The van der Waals surface area contributed by atoms with Crippen molar-refractivity contribution in [1.29, 1.82) is 0 Å². The summed E-state index contributed by atoms with van der Waals surface area (Å²) >= 11 is 5.69. The van der Waals surface area contributed by atoms with Gasteiger partial charge < -0.3 is 11.1 Å². The van der Waals surface area contributed by atoms with Crippen LogP contribution in [0.4, 0.5) is 5.69 Å². The molecule has 0 bridgehead atoms. The molecule has 0 aliphatic rings. The lowest BCUT2D eigenvalue weighted by Gasteiger charge is -2.05. The number of hydrogen-bond donors (Lipinski definition) is 2. The molecule has 1 amide bonds. The van der Waals surface area contributed by atoms with Crippen LogP contribution in [0, 0.1) is 10.1 Å². The Kier molecular flexibility index (Phi) is 4.80. The van der Waals surface area contributed by atoms with Crippen LogP contribution in [0.15, 0.2) is 12.3 Å². The molecule has 1 aromatic rings. The fourth-order valence-corrected chi connectivity index (χ4v) is 1.28. The molecule has 0 atom stereocenters. The van der Waals surface area contributed by atoms with E-state index in [-0.39, 0.29) is 16.4 Å². The highest BCUT2D eigenvalue weighted by Gasteiger charge is 2.16. The predicted molar refractivity (Wildman–Crippen MR) is 61.9 cm³/mol. The first-order valence-corrected chi connectivity index (χ1v) is 5.22. The minimum atomic E-state index is -0.639. The zero-order chi connectivity index (χ0) is 12.8. The van der Waals surface area contributed by atoms with Gasteiger partial charge in [-0.3, -0.25) is 14.9 Å². The van der Waals surface area contributed by atoms with Gasteiger partial charge in [-0.05, 0) is 13.0 Å². The molecule has 7 nitrogen and oxygen atoms in total. The molecule has 17 heavy (non-hydrogen) atoms. The standard InChI is InChI=1S/C9H11ClN4O3/c10-8-7(9(15)12-3-1-2-11)4-6(5-13-8)14(16)17/h4-5H,1-3,11H2,(H,12,15). The van der Waals surface area contributed by atoms with Gasteiger partial charge in [-0.25, -0.2) is 4.98 Å². The van der Waals surface area contributed by atoms with Gasteiger partial charge in [-0.15, -0.1) is 0 Å². The van der Waals surface area contributed by atoms with Crippen molar-refractivity contribution in [2.24, 2.45) is 5.73 Å². The number of pyridine rings is 1. The average Bonchev–Trinajstić information content (AvgIpc) is 2.29. The van der Waals surface area contributed by atoms with E-state index in [1.807, 2.05) is 0 Å². The Labute approximate surface area is 102 Å². The van der Waals surface area contributed by atoms with Crippen LogP contribution in [0.5, 0.6) is 0 Å². The quantitative estimate of drug-likeness (QED) is 0.350. The SMILES string of the molecule is NCCCNC(=O)c1cc([N+](=O)[O-])cnc1Cl. The number of nitro groups is 1. The van der Waals surface area contributed by atoms with Crippen LogP contribution >= 0.6 is 11.6 Å². The summed E-state index contributed by atoms with van der Waals surface area (Å²) in [6.45, 7) is 0.829. The highest BCUT2D eigenvalue weighted by molar-refractivity contribution is 6.32. The smallest absolute Gasteiger partial charge is 0.288 e. The Morgan fingerprint density at radius 2 is 2.35 bits per heavy atom. The molecule has 0 saturated heterocycles. The number of aromatic nitrogens is 1. The third-order valence-corrected chi connectivity index (χ3v) is 2.25. The summed E-state index contributed by atoms with van der Waals surface area (Å²) in [5.74, 6) is -0.500. The number of halogens is 1. The molecule has 1 aromatic heterocycles. The number of nitrogens with zero attached hydrogens (tertiary/aromatic N) is 2. The summed E-state index contributed by atoms with van der Waals surface area (Å²) in [5, 5.41) is 13.0. The second kappa shape index (κ2) is 6.12. The molecule has 1 heterocycles. The van der Waals surface area contributed by atoms with Crippen molar-refractivity contribution in [2.45, 2.75) is 6.42 Å². The summed E-state index contributed by atoms with van der Waals surface area (Å²) in [6.07, 6.45) is 1.62. The van der Waals surface area contributed by atoms with Crippen molar-refractivity contribution < 1.29 is 9.72 Å². The summed E-state index contributed by atoms with van der Waals surface area (Å²) in [5.41, 5.74) is 4.97. The first-order valence-electron chi connectivity index (χ1n) is 4.84. The van der Waals surface area contributed by atoms with E-state index in [1.165, 1.54) is 0 Å². The average molecular weight is 259 g/mol. The van der Waals surface area contributed by atoms with Crippen molar-refractivity contribution in [3.05, 3.63) is 33.1 Å². The van der Waals surface area contributed by atoms with Crippen LogP contribution < -0.4 is 11.1 Å². The highest BCUT2D eigenvalue weighted by atomic mass is 35.5. The Morgan fingerprint density at radius 3 is 2.94 bits per heavy atom. The predicted octanol–water partition coefficient (Wildman–Crippen LogP) is 0.722. The van der Waals surface area contributed by atoms with Gasteiger partial charge in [0.1, 0.15) is 11.3 Å². The van der Waals surface area contributed by atoms with Gasteiger partial charge in [-0.2, -0.15) is 0 Å². The number of nitrogens with one attached hydrogen (secondary N) is 1. The van der Waals surface area contributed by atoms with Crippen LogP contribution in [0.1, 0.15) is 16.8 Å². The summed E-state index contributed by atoms with van der Waals surface area (Å²) in [7, 11) is 0. The monoisotopic (exact) mass is 258 g/mol. The minimum Gasteiger partial charge on any atom is -0.352 e. The summed E-state index contributed by atoms with van der Waals surface area (Å²) in [6, 6.07) is 1.09. The van der Waals surface area contributed by atoms with Crippen LogP contribution in [0.3, 0.4) is 0 Å². The van der Waals surface area contributed by atoms with Crippen LogP contribution in [-0.4, -0.2) is 28.9 Å². The van der Waals surface area contributed by atoms with E-state index in [2.05, 4.69) is 10.3 Å². The second-order valence-electron chi connectivity index (χ2n) is 3.19. The lowest BCUT2D eigenvalue weighted by Crippen LogP contribution is -2.26. The van der Waals surface area contributed by atoms with Crippen molar-refractivity contribution >= 4 is 23.2 Å². The number of amides is 1. The molecule has 0 unspecified atom stereocenters. The molecule has 0 radical (unpaired) electrons. The van der Waals surface area contributed by atoms with Gasteiger partial charge in [0.05, 0.1) is 10.5 Å². The Hall–Kier alpha value is -1.73. The van der Waals surface area contributed by atoms with Crippen LogP contribution in [0.25, 0.3) is 0 Å². The highest BCUT2D eigenvalue weighted by Crippen LogP contribution is 2.18. The number of nitrogens with two attached hydrogens (primary N) is 1. The van der Waals surface area contributed by atoms with E-state index in [0.717, 1.165) is 12.3 Å². The molecule has 0 aliphatic heterocycles. The molecule has 0 aromatic carbocycles. The normalized spacial score (nSPS) is 10.0. The van der Waals surface area contributed by atoms with E-state index in [0.29, 0.717) is 19.5 Å². The van der Waals surface area contributed by atoms with Gasteiger partial charge in [0.15, 0.2) is 0 Å². The largest absolute Gasteiger partial charge is 0.352 e. The van der Waals surface area contributed by atoms with Gasteiger partial charge >= 0.3 is 0 Å². The zero-order valence-corrected chi connectivity index (χ0v) is 9.61. The number of carbonyl (C=O) groups is 1. The molecule has 92 valence electrons. The third-order valence-electron chi connectivity index (χ3n) is 1.95. The number of carbonyl (C=O) groups excluding carboxylic acids is 1. The maximum Gasteiger partial charge on any atom is 0.288 e. The molecule has 3 N–H and O–H groups in total. The lowest BCUT2D eigenvalue weighted by molar-refractivity contribution is -0.385. The van der Waals surface area contributed by atoms with Crippen LogP contribution in [-0.2, 0) is 0 Å². The Balaban J connectivity index is 2.84. The minimum absolute atomic E-state index is 0.0158. The first kappa shape index (κ1) is 13.3. The van der Waals surface area contributed by atoms with Gasteiger partial charge in [-0.1, -0.05) is 11.6 Å². The summed E-state index contributed by atoms with van der Waals surface area (Å²) < 4.78 is 0. The topological polar surface area (TPSA) is 111 Å². The fraction of sp³-hybridized carbons (Fsp3) is 0.333. The third kappa shape index (κ3) is 3.65. The van der Waals surface area contributed by atoms with Crippen molar-refractivity contribution in [1.82, 2.24) is 10.3 Å². The first-order chi connectivity index (χ1) is 8.06. The van der Waals surface area contributed by atoms with Crippen molar-refractivity contribution in [3.8, 4) is 0 Å². The van der Waals surface area contributed by atoms with E-state index >= 15 is 0 Å². The maximum atomic E-state index is 11.6. The van der Waals surface area contributed by atoms with E-state index in [1.54, 1.807) is 0 Å². The molecule has 0 spiro atoms. The van der Waals surface area contributed by atoms with E-state index in [4.69, 9.17) is 17.3 Å². The molecule has 1 rings (SSSR count).